The van der Waals surface area contributed by atoms with E-state index in [0.717, 1.165) is 17.7 Å². The summed E-state index contributed by atoms with van der Waals surface area (Å²) in [7, 11) is 3.22. The first-order valence-electron chi connectivity index (χ1n) is 13.4. The van der Waals surface area contributed by atoms with Crippen molar-refractivity contribution in [2.45, 2.75) is 38.6 Å². The third-order valence-electron chi connectivity index (χ3n) is 7.10. The van der Waals surface area contributed by atoms with Crippen molar-refractivity contribution < 1.29 is 23.8 Å². The number of methoxy groups -OCH3 is 2. The highest BCUT2D eigenvalue weighted by Crippen LogP contribution is 2.34. The van der Waals surface area contributed by atoms with Gasteiger partial charge in [-0.3, -0.25) is 9.59 Å². The molecule has 1 aliphatic heterocycles. The second-order valence-corrected chi connectivity index (χ2v) is 11.0. The maximum absolute atomic E-state index is 13.8. The second-order valence-electron chi connectivity index (χ2n) is 9.99. The summed E-state index contributed by atoms with van der Waals surface area (Å²) >= 11 is 1.72. The van der Waals surface area contributed by atoms with Crippen LogP contribution in [0.3, 0.4) is 0 Å². The summed E-state index contributed by atoms with van der Waals surface area (Å²) < 4.78 is 16.6. The van der Waals surface area contributed by atoms with Gasteiger partial charge in [0.05, 0.1) is 13.2 Å². The van der Waals surface area contributed by atoms with Crippen LogP contribution in [0.25, 0.3) is 0 Å². The maximum Gasteiger partial charge on any atom is 0.254 e. The minimum atomic E-state index is -0.214. The third-order valence-corrected chi connectivity index (χ3v) is 8.09. The monoisotopic (exact) mass is 550 g/mol. The topological polar surface area (TPSA) is 68.3 Å². The van der Waals surface area contributed by atoms with Crippen LogP contribution in [-0.2, 0) is 16.0 Å². The SMILES string of the molecule is COCCCN(CC(=O)N1CCc2sccc2C1COc1ccc(C(C)C)cc1)C(=O)c1ccc(OC)cc1. The number of benzene rings is 2. The molecule has 0 fully saturated rings. The van der Waals surface area contributed by atoms with Crippen molar-refractivity contribution in [2.24, 2.45) is 0 Å². The molecule has 208 valence electrons. The molecule has 0 radical (unpaired) electrons. The highest BCUT2D eigenvalue weighted by Gasteiger charge is 2.33. The van der Waals surface area contributed by atoms with Crippen LogP contribution < -0.4 is 9.47 Å². The van der Waals surface area contributed by atoms with Gasteiger partial charge in [-0.25, -0.2) is 0 Å². The van der Waals surface area contributed by atoms with Crippen molar-refractivity contribution >= 4 is 23.2 Å². The molecular formula is C31H38N2O5S. The number of hydrogen-bond donors (Lipinski definition) is 0. The van der Waals surface area contributed by atoms with Crippen LogP contribution in [0.4, 0.5) is 0 Å². The first-order chi connectivity index (χ1) is 18.9. The lowest BCUT2D eigenvalue weighted by Crippen LogP contribution is -2.48. The van der Waals surface area contributed by atoms with Gasteiger partial charge >= 0.3 is 0 Å². The summed E-state index contributed by atoms with van der Waals surface area (Å²) in [4.78, 5) is 32.0. The zero-order valence-electron chi connectivity index (χ0n) is 23.2. The number of amides is 2. The van der Waals surface area contributed by atoms with Gasteiger partial charge < -0.3 is 24.0 Å². The number of carbonyl (C=O) groups excluding carboxylic acids is 2. The molecule has 8 heteroatoms. The molecule has 0 aliphatic carbocycles. The fourth-order valence-electron chi connectivity index (χ4n) is 4.82. The van der Waals surface area contributed by atoms with E-state index < -0.39 is 0 Å². The Morgan fingerprint density at radius 2 is 1.74 bits per heavy atom. The number of fused-ring (bicyclic) bond motifs is 1. The molecule has 1 atom stereocenters. The van der Waals surface area contributed by atoms with Gasteiger partial charge in [0, 0.05) is 37.2 Å². The molecule has 4 rings (SSSR count). The van der Waals surface area contributed by atoms with Crippen molar-refractivity contribution in [3.63, 3.8) is 0 Å². The van der Waals surface area contributed by atoms with E-state index in [-0.39, 0.29) is 24.4 Å². The Balaban J connectivity index is 1.50. The zero-order valence-corrected chi connectivity index (χ0v) is 24.0. The van der Waals surface area contributed by atoms with Crippen molar-refractivity contribution in [1.29, 1.82) is 0 Å². The van der Waals surface area contributed by atoms with Crippen LogP contribution in [0.1, 0.15) is 58.6 Å². The van der Waals surface area contributed by atoms with Crippen LogP contribution in [0.15, 0.2) is 60.0 Å². The van der Waals surface area contributed by atoms with Crippen LogP contribution in [-0.4, -0.2) is 68.7 Å². The van der Waals surface area contributed by atoms with Gasteiger partial charge in [-0.15, -0.1) is 11.3 Å². The van der Waals surface area contributed by atoms with Crippen LogP contribution >= 0.6 is 11.3 Å². The highest BCUT2D eigenvalue weighted by atomic mass is 32.1. The molecule has 1 unspecified atom stereocenters. The van der Waals surface area contributed by atoms with Gasteiger partial charge in [0.2, 0.25) is 5.91 Å². The summed E-state index contributed by atoms with van der Waals surface area (Å²) in [6.45, 7) is 6.20. The van der Waals surface area contributed by atoms with Gasteiger partial charge in [0.1, 0.15) is 24.7 Å². The van der Waals surface area contributed by atoms with Crippen molar-refractivity contribution in [3.05, 3.63) is 81.5 Å². The molecule has 0 saturated heterocycles. The molecule has 1 aromatic heterocycles. The van der Waals surface area contributed by atoms with Gasteiger partial charge in [-0.2, -0.15) is 0 Å². The molecule has 2 aromatic carbocycles. The predicted molar refractivity (Wildman–Crippen MR) is 154 cm³/mol. The maximum atomic E-state index is 13.8. The van der Waals surface area contributed by atoms with Gasteiger partial charge in [0.15, 0.2) is 0 Å². The van der Waals surface area contributed by atoms with Crippen molar-refractivity contribution in [3.8, 4) is 11.5 Å². The molecule has 1 aliphatic rings. The van der Waals surface area contributed by atoms with Crippen molar-refractivity contribution in [2.75, 3.05) is 47.1 Å². The van der Waals surface area contributed by atoms with Crippen molar-refractivity contribution in [1.82, 2.24) is 9.80 Å². The molecule has 7 nitrogen and oxygen atoms in total. The normalized spacial score (nSPS) is 14.7. The Hall–Kier alpha value is -3.36. The fourth-order valence-corrected chi connectivity index (χ4v) is 5.75. The summed E-state index contributed by atoms with van der Waals surface area (Å²) in [5.74, 6) is 1.63. The zero-order chi connectivity index (χ0) is 27.8. The van der Waals surface area contributed by atoms with Gasteiger partial charge in [-0.1, -0.05) is 26.0 Å². The average Bonchev–Trinajstić information content (AvgIpc) is 3.44. The smallest absolute Gasteiger partial charge is 0.254 e. The lowest BCUT2D eigenvalue weighted by Gasteiger charge is -2.37. The number of hydrogen-bond acceptors (Lipinski definition) is 6. The first-order valence-corrected chi connectivity index (χ1v) is 14.3. The van der Waals surface area contributed by atoms with Gasteiger partial charge in [-0.05, 0) is 77.7 Å². The number of nitrogens with zero attached hydrogens (tertiary/aromatic N) is 2. The minimum absolute atomic E-state index is 0.00632. The van der Waals surface area contributed by atoms with E-state index in [1.807, 2.05) is 17.0 Å². The van der Waals surface area contributed by atoms with Crippen LogP contribution in [0.5, 0.6) is 11.5 Å². The molecule has 0 N–H and O–H groups in total. The van der Waals surface area contributed by atoms with Crippen LogP contribution in [0, 0.1) is 0 Å². The molecule has 39 heavy (non-hydrogen) atoms. The molecule has 0 bridgehead atoms. The summed E-state index contributed by atoms with van der Waals surface area (Å²) in [6.07, 6.45) is 1.44. The average molecular weight is 551 g/mol. The third kappa shape index (κ3) is 7.19. The van der Waals surface area contributed by atoms with E-state index >= 15 is 0 Å². The number of carbonyl (C=O) groups is 2. The Bertz CT molecular complexity index is 1220. The fraction of sp³-hybridized carbons (Fsp3) is 0.419. The van der Waals surface area contributed by atoms with E-state index in [0.29, 0.717) is 50.0 Å². The molecule has 0 saturated carbocycles. The summed E-state index contributed by atoms with van der Waals surface area (Å²) in [5.41, 5.74) is 2.90. The Kier molecular flexibility index (Phi) is 10.0. The number of ether oxygens (including phenoxy) is 3. The highest BCUT2D eigenvalue weighted by molar-refractivity contribution is 7.10. The lowest BCUT2D eigenvalue weighted by molar-refractivity contribution is -0.135. The standard InChI is InChI=1S/C31H38N2O5S/c1-22(2)23-6-12-26(13-7-23)38-21-28-27-15-19-39-29(27)14-17-33(28)30(34)20-32(16-5-18-36-3)31(35)24-8-10-25(37-4)11-9-24/h6-13,15,19,22,28H,5,14,16-18,20-21H2,1-4H3. The largest absolute Gasteiger partial charge is 0.497 e. The molecular weight excluding hydrogens is 512 g/mol. The predicted octanol–water partition coefficient (Wildman–Crippen LogP) is 5.56. The summed E-state index contributed by atoms with van der Waals surface area (Å²) in [6, 6.07) is 17.0. The molecule has 2 heterocycles. The lowest BCUT2D eigenvalue weighted by atomic mass is 10.00. The minimum Gasteiger partial charge on any atom is -0.497 e. The van der Waals surface area contributed by atoms with E-state index in [1.54, 1.807) is 54.7 Å². The van der Waals surface area contributed by atoms with Gasteiger partial charge in [0.25, 0.3) is 5.91 Å². The second kappa shape index (κ2) is 13.6. The number of rotatable bonds is 12. The Labute approximate surface area is 235 Å². The van der Waals surface area contributed by atoms with E-state index in [2.05, 4.69) is 37.4 Å². The molecule has 2 amide bonds. The Morgan fingerprint density at radius 1 is 1.03 bits per heavy atom. The molecule has 3 aromatic rings. The summed E-state index contributed by atoms with van der Waals surface area (Å²) in [5, 5.41) is 2.08. The van der Waals surface area contributed by atoms with E-state index in [9.17, 15) is 9.59 Å². The quantitative estimate of drug-likeness (QED) is 0.276. The van der Waals surface area contributed by atoms with E-state index in [4.69, 9.17) is 14.2 Å². The number of thiophene rings is 1. The first kappa shape index (κ1) is 28.6. The van der Waals surface area contributed by atoms with E-state index in [1.165, 1.54) is 10.4 Å². The van der Waals surface area contributed by atoms with Crippen LogP contribution in [0.2, 0.25) is 0 Å². The Morgan fingerprint density at radius 3 is 2.41 bits per heavy atom. The molecule has 0 spiro atoms.